The van der Waals surface area contributed by atoms with Gasteiger partial charge in [0.25, 0.3) is 0 Å². The van der Waals surface area contributed by atoms with Crippen LogP contribution in [0.1, 0.15) is 10.5 Å². The number of carboxylic acid groups (broad SMARTS) is 1. The van der Waals surface area contributed by atoms with Crippen molar-refractivity contribution in [3.63, 3.8) is 0 Å². The summed E-state index contributed by atoms with van der Waals surface area (Å²) in [5.74, 6) is -1.38. The van der Waals surface area contributed by atoms with E-state index < -0.39 is 22.3 Å². The Hall–Kier alpha value is -2.08. The SMILES string of the molecule is O=C(O)c1[nH]c2cc(Cl)ccc2c1[N+](=O)[O-]. The van der Waals surface area contributed by atoms with E-state index in [0.717, 1.165) is 0 Å². The van der Waals surface area contributed by atoms with E-state index in [4.69, 9.17) is 16.7 Å². The summed E-state index contributed by atoms with van der Waals surface area (Å²) in [4.78, 5) is 23.3. The second-order valence-corrected chi connectivity index (χ2v) is 3.54. The average Bonchev–Trinajstić information content (AvgIpc) is 2.55. The molecule has 0 aliphatic heterocycles. The number of carbonyl (C=O) groups is 1. The zero-order chi connectivity index (χ0) is 11.9. The molecule has 0 saturated heterocycles. The minimum atomic E-state index is -1.38. The third-order valence-electron chi connectivity index (χ3n) is 2.13. The third kappa shape index (κ3) is 1.49. The van der Waals surface area contributed by atoms with Crippen molar-refractivity contribution in [3.8, 4) is 0 Å². The lowest BCUT2D eigenvalue weighted by Crippen LogP contribution is -2.01. The third-order valence-corrected chi connectivity index (χ3v) is 2.36. The summed E-state index contributed by atoms with van der Waals surface area (Å²) in [6.45, 7) is 0. The fraction of sp³-hybridized carbons (Fsp3) is 0. The Balaban J connectivity index is 2.86. The Morgan fingerprint density at radius 1 is 1.50 bits per heavy atom. The number of nitrogens with zero attached hydrogens (tertiary/aromatic N) is 1. The van der Waals surface area contributed by atoms with Gasteiger partial charge >= 0.3 is 11.7 Å². The molecule has 0 amide bonds. The number of aromatic nitrogens is 1. The fourth-order valence-electron chi connectivity index (χ4n) is 1.50. The van der Waals surface area contributed by atoms with E-state index in [2.05, 4.69) is 4.98 Å². The first-order chi connectivity index (χ1) is 7.50. The smallest absolute Gasteiger partial charge is 0.359 e. The van der Waals surface area contributed by atoms with Crippen molar-refractivity contribution >= 4 is 34.2 Å². The van der Waals surface area contributed by atoms with Crippen molar-refractivity contribution in [1.29, 1.82) is 0 Å². The van der Waals surface area contributed by atoms with E-state index in [0.29, 0.717) is 10.5 Å². The number of hydrogen-bond donors (Lipinski definition) is 2. The highest BCUT2D eigenvalue weighted by Crippen LogP contribution is 2.31. The Bertz CT molecular complexity index is 605. The first-order valence-electron chi connectivity index (χ1n) is 4.19. The van der Waals surface area contributed by atoms with Gasteiger partial charge in [0.1, 0.15) is 0 Å². The molecular formula is C9H5ClN2O4. The van der Waals surface area contributed by atoms with Crippen LogP contribution in [-0.2, 0) is 0 Å². The van der Waals surface area contributed by atoms with Gasteiger partial charge in [-0.25, -0.2) is 4.79 Å². The van der Waals surface area contributed by atoms with Crippen molar-refractivity contribution < 1.29 is 14.8 Å². The largest absolute Gasteiger partial charge is 0.476 e. The molecular weight excluding hydrogens is 236 g/mol. The van der Waals surface area contributed by atoms with Gasteiger partial charge in [-0.15, -0.1) is 0 Å². The van der Waals surface area contributed by atoms with Crippen LogP contribution in [0.25, 0.3) is 10.9 Å². The lowest BCUT2D eigenvalue weighted by atomic mass is 10.2. The summed E-state index contributed by atoms with van der Waals surface area (Å²) in [5.41, 5.74) is -0.557. The number of halogens is 1. The zero-order valence-electron chi connectivity index (χ0n) is 7.73. The van der Waals surface area contributed by atoms with Crippen LogP contribution in [0.5, 0.6) is 0 Å². The van der Waals surface area contributed by atoms with E-state index >= 15 is 0 Å². The maximum Gasteiger partial charge on any atom is 0.359 e. The van der Waals surface area contributed by atoms with Gasteiger partial charge in [0, 0.05) is 5.02 Å². The van der Waals surface area contributed by atoms with Gasteiger partial charge in [0.15, 0.2) is 0 Å². The lowest BCUT2D eigenvalue weighted by molar-refractivity contribution is -0.383. The Morgan fingerprint density at radius 2 is 2.19 bits per heavy atom. The maximum atomic E-state index is 10.8. The molecule has 7 heteroatoms. The molecule has 82 valence electrons. The number of H-pyrrole nitrogens is 1. The van der Waals surface area contributed by atoms with E-state index in [1.54, 1.807) is 0 Å². The summed E-state index contributed by atoms with van der Waals surface area (Å²) in [6.07, 6.45) is 0. The van der Waals surface area contributed by atoms with Crippen molar-refractivity contribution in [2.45, 2.75) is 0 Å². The van der Waals surface area contributed by atoms with Gasteiger partial charge in [-0.1, -0.05) is 11.6 Å². The second kappa shape index (κ2) is 3.49. The number of rotatable bonds is 2. The van der Waals surface area contributed by atoms with Crippen LogP contribution in [0.2, 0.25) is 5.02 Å². The van der Waals surface area contributed by atoms with E-state index in [-0.39, 0.29) is 5.39 Å². The van der Waals surface area contributed by atoms with Crippen LogP contribution in [0.15, 0.2) is 18.2 Å². The molecule has 0 fully saturated rings. The van der Waals surface area contributed by atoms with Crippen molar-refractivity contribution in [2.24, 2.45) is 0 Å². The van der Waals surface area contributed by atoms with E-state index in [1.807, 2.05) is 0 Å². The summed E-state index contributed by atoms with van der Waals surface area (Å²) in [5, 5.41) is 20.2. The quantitative estimate of drug-likeness (QED) is 0.622. The van der Waals surface area contributed by atoms with Gasteiger partial charge < -0.3 is 10.1 Å². The van der Waals surface area contributed by atoms with Crippen LogP contribution < -0.4 is 0 Å². The monoisotopic (exact) mass is 240 g/mol. The Labute approximate surface area is 93.6 Å². The highest BCUT2D eigenvalue weighted by molar-refractivity contribution is 6.31. The first-order valence-corrected chi connectivity index (χ1v) is 4.57. The number of aromatic carboxylic acids is 1. The maximum absolute atomic E-state index is 10.8. The number of benzene rings is 1. The van der Waals surface area contributed by atoms with Gasteiger partial charge in [0.05, 0.1) is 15.8 Å². The van der Waals surface area contributed by atoms with Gasteiger partial charge in [-0.2, -0.15) is 0 Å². The zero-order valence-corrected chi connectivity index (χ0v) is 8.49. The summed E-state index contributed by atoms with van der Waals surface area (Å²) in [6, 6.07) is 4.32. The molecule has 0 spiro atoms. The summed E-state index contributed by atoms with van der Waals surface area (Å²) in [7, 11) is 0. The molecule has 1 aromatic carbocycles. The standard InChI is InChI=1S/C9H5ClN2O4/c10-4-1-2-5-6(3-4)11-7(9(13)14)8(5)12(15)16/h1-3,11H,(H,13,14). The van der Waals surface area contributed by atoms with Crippen molar-refractivity contribution in [3.05, 3.63) is 39.0 Å². The highest BCUT2D eigenvalue weighted by Gasteiger charge is 2.26. The molecule has 2 N–H and O–H groups in total. The normalized spacial score (nSPS) is 10.6. The molecule has 0 bridgehead atoms. The molecule has 1 aromatic heterocycles. The lowest BCUT2D eigenvalue weighted by Gasteiger charge is -1.91. The predicted octanol–water partition coefficient (Wildman–Crippen LogP) is 2.43. The van der Waals surface area contributed by atoms with E-state index in [9.17, 15) is 14.9 Å². The van der Waals surface area contributed by atoms with Crippen molar-refractivity contribution in [2.75, 3.05) is 0 Å². The van der Waals surface area contributed by atoms with E-state index in [1.165, 1.54) is 18.2 Å². The predicted molar refractivity (Wildman–Crippen MR) is 56.9 cm³/mol. The van der Waals surface area contributed by atoms with Crippen LogP contribution in [0.4, 0.5) is 5.69 Å². The molecule has 2 rings (SSSR count). The highest BCUT2D eigenvalue weighted by atomic mass is 35.5. The topological polar surface area (TPSA) is 96.2 Å². The van der Waals surface area contributed by atoms with Crippen LogP contribution in [0, 0.1) is 10.1 Å². The molecule has 0 aliphatic rings. The molecule has 0 atom stereocenters. The summed E-state index contributed by atoms with van der Waals surface area (Å²) >= 11 is 5.70. The van der Waals surface area contributed by atoms with Gasteiger partial charge in [0.2, 0.25) is 5.69 Å². The van der Waals surface area contributed by atoms with Gasteiger partial charge in [-0.3, -0.25) is 10.1 Å². The first kappa shape index (κ1) is 10.4. The molecule has 0 aliphatic carbocycles. The number of aromatic amines is 1. The molecule has 6 nitrogen and oxygen atoms in total. The minimum absolute atomic E-state index is 0.229. The van der Waals surface area contributed by atoms with Gasteiger partial charge in [-0.05, 0) is 18.2 Å². The second-order valence-electron chi connectivity index (χ2n) is 3.10. The van der Waals surface area contributed by atoms with Crippen LogP contribution in [-0.4, -0.2) is 21.0 Å². The molecule has 0 radical (unpaired) electrons. The Kier molecular flexibility index (Phi) is 2.28. The molecule has 0 saturated carbocycles. The molecule has 16 heavy (non-hydrogen) atoms. The number of carboxylic acids is 1. The number of nitro groups is 1. The number of nitrogens with one attached hydrogen (secondary N) is 1. The fourth-order valence-corrected chi connectivity index (χ4v) is 1.67. The molecule has 0 unspecified atom stereocenters. The van der Waals surface area contributed by atoms with Crippen LogP contribution >= 0.6 is 11.6 Å². The number of hydrogen-bond acceptors (Lipinski definition) is 3. The van der Waals surface area contributed by atoms with Crippen LogP contribution in [0.3, 0.4) is 0 Å². The average molecular weight is 241 g/mol. The Morgan fingerprint density at radius 3 is 2.75 bits per heavy atom. The minimum Gasteiger partial charge on any atom is -0.476 e. The molecule has 2 aromatic rings. The van der Waals surface area contributed by atoms with Crippen molar-refractivity contribution in [1.82, 2.24) is 4.98 Å². The number of fused-ring (bicyclic) bond motifs is 1. The summed E-state index contributed by atoms with van der Waals surface area (Å²) < 4.78 is 0. The molecule has 1 heterocycles.